The summed E-state index contributed by atoms with van der Waals surface area (Å²) in [6.45, 7) is 0. The Balaban J connectivity index is 2.22. The molecule has 76 valence electrons. The van der Waals surface area contributed by atoms with Crippen LogP contribution in [0.4, 0.5) is 0 Å². The third kappa shape index (κ3) is 1.73. The molecule has 2 unspecified atom stereocenters. The van der Waals surface area contributed by atoms with Crippen LogP contribution >= 0.6 is 0 Å². The maximum absolute atomic E-state index is 5.89. The lowest BCUT2D eigenvalue weighted by Gasteiger charge is -2.12. The molecular weight excluding hydrogens is 176 g/mol. The molecule has 0 aliphatic heterocycles. The molecular formula is C11H16N2O. The average molecular weight is 192 g/mol. The second-order valence-corrected chi connectivity index (χ2v) is 3.86. The van der Waals surface area contributed by atoms with Gasteiger partial charge in [0.15, 0.2) is 0 Å². The first kappa shape index (κ1) is 9.46. The molecule has 0 radical (unpaired) electrons. The summed E-state index contributed by atoms with van der Waals surface area (Å²) in [7, 11) is 1.69. The van der Waals surface area contributed by atoms with Gasteiger partial charge in [0.25, 0.3) is 0 Å². The second kappa shape index (κ2) is 3.96. The molecule has 3 heteroatoms. The summed E-state index contributed by atoms with van der Waals surface area (Å²) in [5.74, 6) is 1.38. The number of pyridine rings is 1. The van der Waals surface area contributed by atoms with E-state index in [-0.39, 0.29) is 0 Å². The van der Waals surface area contributed by atoms with Crippen LogP contribution in [0, 0.1) is 0 Å². The maximum atomic E-state index is 5.89. The van der Waals surface area contributed by atoms with Crippen LogP contribution in [0.3, 0.4) is 0 Å². The molecule has 2 N–H and O–H groups in total. The molecule has 1 fully saturated rings. The van der Waals surface area contributed by atoms with Crippen LogP contribution in [0.15, 0.2) is 18.3 Å². The number of nitrogens with zero attached hydrogens (tertiary/aromatic N) is 1. The Kier molecular flexibility index (Phi) is 2.68. The van der Waals surface area contributed by atoms with E-state index >= 15 is 0 Å². The van der Waals surface area contributed by atoms with Crippen molar-refractivity contribution >= 4 is 0 Å². The topological polar surface area (TPSA) is 48.1 Å². The molecule has 2 atom stereocenters. The van der Waals surface area contributed by atoms with E-state index in [2.05, 4.69) is 4.98 Å². The van der Waals surface area contributed by atoms with E-state index < -0.39 is 0 Å². The lowest BCUT2D eigenvalue weighted by molar-refractivity contribution is 0.401. The Morgan fingerprint density at radius 3 is 3.00 bits per heavy atom. The quantitative estimate of drug-likeness (QED) is 0.775. The first-order valence-corrected chi connectivity index (χ1v) is 5.05. The molecule has 14 heavy (non-hydrogen) atoms. The van der Waals surface area contributed by atoms with Crippen LogP contribution in [0.2, 0.25) is 0 Å². The molecule has 1 aromatic rings. The highest BCUT2D eigenvalue weighted by Gasteiger charge is 2.26. The third-order valence-electron chi connectivity index (χ3n) is 2.88. The van der Waals surface area contributed by atoms with Crippen LogP contribution in [-0.4, -0.2) is 18.1 Å². The SMILES string of the molecule is COc1cccnc1C1CCC(N)C1. The van der Waals surface area contributed by atoms with Gasteiger partial charge in [0.05, 0.1) is 12.8 Å². The fraction of sp³-hybridized carbons (Fsp3) is 0.545. The van der Waals surface area contributed by atoms with Gasteiger partial charge in [-0.2, -0.15) is 0 Å². The summed E-state index contributed by atoms with van der Waals surface area (Å²) in [5.41, 5.74) is 6.96. The minimum Gasteiger partial charge on any atom is -0.495 e. The van der Waals surface area contributed by atoms with E-state index in [1.165, 1.54) is 0 Å². The van der Waals surface area contributed by atoms with E-state index in [1.807, 2.05) is 18.3 Å². The molecule has 2 rings (SSSR count). The van der Waals surface area contributed by atoms with Crippen molar-refractivity contribution in [2.45, 2.75) is 31.2 Å². The largest absolute Gasteiger partial charge is 0.495 e. The molecule has 0 bridgehead atoms. The fourth-order valence-corrected chi connectivity index (χ4v) is 2.15. The van der Waals surface area contributed by atoms with Gasteiger partial charge in [0.1, 0.15) is 5.75 Å². The number of methoxy groups -OCH3 is 1. The van der Waals surface area contributed by atoms with Crippen LogP contribution in [0.5, 0.6) is 5.75 Å². The number of hydrogen-bond acceptors (Lipinski definition) is 3. The lowest BCUT2D eigenvalue weighted by Crippen LogP contribution is -2.14. The Morgan fingerprint density at radius 2 is 2.36 bits per heavy atom. The summed E-state index contributed by atoms with van der Waals surface area (Å²) in [4.78, 5) is 4.39. The molecule has 0 spiro atoms. The predicted octanol–water partition coefficient (Wildman–Crippen LogP) is 1.69. The van der Waals surface area contributed by atoms with Gasteiger partial charge in [0.2, 0.25) is 0 Å². The van der Waals surface area contributed by atoms with Gasteiger partial charge in [0, 0.05) is 18.2 Å². The number of aromatic nitrogens is 1. The van der Waals surface area contributed by atoms with Crippen LogP contribution in [-0.2, 0) is 0 Å². The smallest absolute Gasteiger partial charge is 0.140 e. The number of nitrogens with two attached hydrogens (primary N) is 1. The number of rotatable bonds is 2. The van der Waals surface area contributed by atoms with E-state index in [0.717, 1.165) is 30.7 Å². The molecule has 0 saturated heterocycles. The maximum Gasteiger partial charge on any atom is 0.140 e. The fourth-order valence-electron chi connectivity index (χ4n) is 2.15. The highest BCUT2D eigenvalue weighted by atomic mass is 16.5. The van der Waals surface area contributed by atoms with Gasteiger partial charge in [-0.05, 0) is 31.4 Å². The number of hydrogen-bond donors (Lipinski definition) is 1. The summed E-state index contributed by atoms with van der Waals surface area (Å²) in [6, 6.07) is 4.20. The van der Waals surface area contributed by atoms with Crippen molar-refractivity contribution < 1.29 is 4.74 Å². The average Bonchev–Trinajstić information content (AvgIpc) is 2.65. The van der Waals surface area contributed by atoms with Gasteiger partial charge < -0.3 is 10.5 Å². The molecule has 1 aliphatic rings. The van der Waals surface area contributed by atoms with Gasteiger partial charge >= 0.3 is 0 Å². The van der Waals surface area contributed by atoms with Crippen molar-refractivity contribution in [3.05, 3.63) is 24.0 Å². The Morgan fingerprint density at radius 1 is 1.50 bits per heavy atom. The zero-order valence-electron chi connectivity index (χ0n) is 8.44. The van der Waals surface area contributed by atoms with Gasteiger partial charge in [-0.25, -0.2) is 0 Å². The van der Waals surface area contributed by atoms with E-state index in [4.69, 9.17) is 10.5 Å². The summed E-state index contributed by atoms with van der Waals surface area (Å²) in [6.07, 6.45) is 5.09. The molecule has 3 nitrogen and oxygen atoms in total. The van der Waals surface area contributed by atoms with E-state index in [1.54, 1.807) is 7.11 Å². The first-order valence-electron chi connectivity index (χ1n) is 5.05. The van der Waals surface area contributed by atoms with Crippen molar-refractivity contribution in [3.8, 4) is 5.75 Å². The number of ether oxygens (including phenoxy) is 1. The predicted molar refractivity (Wildman–Crippen MR) is 55.4 cm³/mol. The van der Waals surface area contributed by atoms with Crippen molar-refractivity contribution in [1.82, 2.24) is 4.98 Å². The Labute approximate surface area is 84.3 Å². The van der Waals surface area contributed by atoms with Crippen molar-refractivity contribution in [1.29, 1.82) is 0 Å². The minimum absolute atomic E-state index is 0.340. The van der Waals surface area contributed by atoms with E-state index in [0.29, 0.717) is 12.0 Å². The zero-order valence-corrected chi connectivity index (χ0v) is 8.44. The normalized spacial score (nSPS) is 26.4. The molecule has 1 saturated carbocycles. The van der Waals surface area contributed by atoms with Gasteiger partial charge in [-0.1, -0.05) is 0 Å². The third-order valence-corrected chi connectivity index (χ3v) is 2.88. The highest BCUT2D eigenvalue weighted by molar-refractivity contribution is 5.30. The molecule has 0 amide bonds. The van der Waals surface area contributed by atoms with Gasteiger partial charge in [-0.3, -0.25) is 4.98 Å². The Hall–Kier alpha value is -1.09. The molecule has 1 heterocycles. The Bertz CT molecular complexity index is 314. The van der Waals surface area contributed by atoms with Crippen LogP contribution in [0.1, 0.15) is 30.9 Å². The van der Waals surface area contributed by atoms with Gasteiger partial charge in [-0.15, -0.1) is 0 Å². The first-order chi connectivity index (χ1) is 6.81. The molecule has 0 aromatic carbocycles. The second-order valence-electron chi connectivity index (χ2n) is 3.86. The standard InChI is InChI=1S/C11H16N2O/c1-14-10-3-2-6-13-11(10)8-4-5-9(12)7-8/h2-3,6,8-9H,4-5,7,12H2,1H3. The van der Waals surface area contributed by atoms with E-state index in [9.17, 15) is 0 Å². The van der Waals surface area contributed by atoms with Crippen LogP contribution in [0.25, 0.3) is 0 Å². The van der Waals surface area contributed by atoms with Crippen molar-refractivity contribution in [2.75, 3.05) is 7.11 Å². The summed E-state index contributed by atoms with van der Waals surface area (Å²) in [5, 5.41) is 0. The lowest BCUT2D eigenvalue weighted by atomic mass is 10.0. The molecule has 1 aromatic heterocycles. The summed E-state index contributed by atoms with van der Waals surface area (Å²) < 4.78 is 5.29. The zero-order chi connectivity index (χ0) is 9.97. The minimum atomic E-state index is 0.340. The van der Waals surface area contributed by atoms with Crippen molar-refractivity contribution in [2.24, 2.45) is 5.73 Å². The highest BCUT2D eigenvalue weighted by Crippen LogP contribution is 2.36. The van der Waals surface area contributed by atoms with Crippen LogP contribution < -0.4 is 10.5 Å². The summed E-state index contributed by atoms with van der Waals surface area (Å²) >= 11 is 0. The monoisotopic (exact) mass is 192 g/mol. The molecule has 1 aliphatic carbocycles. The van der Waals surface area contributed by atoms with Crippen molar-refractivity contribution in [3.63, 3.8) is 0 Å².